The summed E-state index contributed by atoms with van der Waals surface area (Å²) in [5.41, 5.74) is 2.89. The molecular formula is C10H15NO. The van der Waals surface area contributed by atoms with Crippen molar-refractivity contribution in [2.75, 3.05) is 0 Å². The normalized spacial score (nSPS) is 29.2. The highest BCUT2D eigenvalue weighted by molar-refractivity contribution is 5.33. The first kappa shape index (κ1) is 7.87. The van der Waals surface area contributed by atoms with Crippen molar-refractivity contribution in [3.8, 4) is 0 Å². The fourth-order valence-electron chi connectivity index (χ4n) is 2.07. The van der Waals surface area contributed by atoms with E-state index in [1.165, 1.54) is 35.5 Å². The molecule has 1 unspecified atom stereocenters. The van der Waals surface area contributed by atoms with Crippen molar-refractivity contribution in [1.29, 1.82) is 0 Å². The Hall–Kier alpha value is -0.760. The lowest BCUT2D eigenvalue weighted by molar-refractivity contribution is -0.0655. The van der Waals surface area contributed by atoms with Crippen LogP contribution in [0.3, 0.4) is 0 Å². The van der Waals surface area contributed by atoms with Gasteiger partial charge < -0.3 is 0 Å². The van der Waals surface area contributed by atoms with E-state index in [-0.39, 0.29) is 6.04 Å². The summed E-state index contributed by atoms with van der Waals surface area (Å²) in [6, 6.07) is 0.199. The van der Waals surface area contributed by atoms with Crippen molar-refractivity contribution < 1.29 is 5.21 Å². The number of hydrogen-bond donors (Lipinski definition) is 1. The molecule has 0 saturated heterocycles. The molecule has 1 aliphatic heterocycles. The predicted octanol–water partition coefficient (Wildman–Crippen LogP) is 2.46. The van der Waals surface area contributed by atoms with Crippen LogP contribution in [-0.2, 0) is 0 Å². The minimum Gasteiger partial charge on any atom is -0.288 e. The average molecular weight is 165 g/mol. The van der Waals surface area contributed by atoms with Gasteiger partial charge in [-0.2, -0.15) is 0 Å². The highest BCUT2D eigenvalue weighted by atomic mass is 16.5. The molecule has 0 amide bonds. The molecule has 0 saturated carbocycles. The van der Waals surface area contributed by atoms with Crippen LogP contribution in [0.1, 0.15) is 32.6 Å². The van der Waals surface area contributed by atoms with Gasteiger partial charge in [-0.15, -0.1) is 0 Å². The van der Waals surface area contributed by atoms with Gasteiger partial charge >= 0.3 is 0 Å². The summed E-state index contributed by atoms with van der Waals surface area (Å²) in [4.78, 5) is 0. The zero-order valence-corrected chi connectivity index (χ0v) is 7.45. The van der Waals surface area contributed by atoms with Crippen molar-refractivity contribution in [3.05, 3.63) is 23.4 Å². The minimum atomic E-state index is 0.199. The zero-order chi connectivity index (χ0) is 8.55. The van der Waals surface area contributed by atoms with Crippen LogP contribution >= 0.6 is 0 Å². The second-order valence-corrected chi connectivity index (χ2v) is 3.63. The summed E-state index contributed by atoms with van der Waals surface area (Å²) >= 11 is 0. The number of hydroxylamine groups is 2. The topological polar surface area (TPSA) is 23.5 Å². The van der Waals surface area contributed by atoms with E-state index in [0.29, 0.717) is 0 Å². The van der Waals surface area contributed by atoms with E-state index in [1.54, 1.807) is 6.20 Å². The van der Waals surface area contributed by atoms with Gasteiger partial charge in [-0.25, -0.2) is 0 Å². The summed E-state index contributed by atoms with van der Waals surface area (Å²) in [5.74, 6) is 0. The standard InChI is InChI=1S/C10H15NO/c1-8-10-5-3-2-4-9(10)6-7-11(8)12/h6-8,12H,2-5H2,1H3. The van der Waals surface area contributed by atoms with Gasteiger partial charge in [0.05, 0.1) is 6.04 Å². The number of hydrogen-bond acceptors (Lipinski definition) is 2. The third-order valence-corrected chi connectivity index (χ3v) is 2.88. The molecule has 0 bridgehead atoms. The molecule has 1 N–H and O–H groups in total. The van der Waals surface area contributed by atoms with E-state index in [4.69, 9.17) is 0 Å². The van der Waals surface area contributed by atoms with Crippen LogP contribution in [0.5, 0.6) is 0 Å². The van der Waals surface area contributed by atoms with Crippen LogP contribution < -0.4 is 0 Å². The van der Waals surface area contributed by atoms with Crippen LogP contribution in [0, 0.1) is 0 Å². The molecule has 1 atom stereocenters. The van der Waals surface area contributed by atoms with E-state index >= 15 is 0 Å². The molecule has 66 valence electrons. The van der Waals surface area contributed by atoms with Crippen molar-refractivity contribution in [1.82, 2.24) is 5.06 Å². The average Bonchev–Trinajstić information content (AvgIpc) is 2.12. The molecule has 2 aliphatic rings. The first-order valence-corrected chi connectivity index (χ1v) is 4.66. The molecule has 0 aromatic heterocycles. The van der Waals surface area contributed by atoms with Gasteiger partial charge in [0, 0.05) is 6.20 Å². The van der Waals surface area contributed by atoms with Crippen molar-refractivity contribution in [2.45, 2.75) is 38.6 Å². The largest absolute Gasteiger partial charge is 0.288 e. The monoisotopic (exact) mass is 165 g/mol. The molecule has 0 aromatic carbocycles. The highest BCUT2D eigenvalue weighted by Gasteiger charge is 2.22. The van der Waals surface area contributed by atoms with E-state index in [0.717, 1.165) is 6.42 Å². The Balaban J connectivity index is 2.28. The maximum Gasteiger partial charge on any atom is 0.0743 e. The highest BCUT2D eigenvalue weighted by Crippen LogP contribution is 2.32. The van der Waals surface area contributed by atoms with Gasteiger partial charge in [0.25, 0.3) is 0 Å². The van der Waals surface area contributed by atoms with Gasteiger partial charge in [0.2, 0.25) is 0 Å². The lowest BCUT2D eigenvalue weighted by atomic mass is 9.86. The van der Waals surface area contributed by atoms with Gasteiger partial charge in [-0.3, -0.25) is 10.3 Å². The molecule has 12 heavy (non-hydrogen) atoms. The Morgan fingerprint density at radius 1 is 1.42 bits per heavy atom. The van der Waals surface area contributed by atoms with E-state index in [9.17, 15) is 5.21 Å². The predicted molar refractivity (Wildman–Crippen MR) is 47.7 cm³/mol. The van der Waals surface area contributed by atoms with Gasteiger partial charge in [0.15, 0.2) is 0 Å². The van der Waals surface area contributed by atoms with Crippen LogP contribution in [0.4, 0.5) is 0 Å². The number of rotatable bonds is 0. The van der Waals surface area contributed by atoms with Crippen molar-refractivity contribution in [3.63, 3.8) is 0 Å². The zero-order valence-electron chi connectivity index (χ0n) is 7.45. The Morgan fingerprint density at radius 2 is 2.17 bits per heavy atom. The summed E-state index contributed by atoms with van der Waals surface area (Å²) in [6.45, 7) is 2.06. The van der Waals surface area contributed by atoms with Crippen molar-refractivity contribution >= 4 is 0 Å². The second kappa shape index (κ2) is 2.94. The molecule has 1 aliphatic carbocycles. The third-order valence-electron chi connectivity index (χ3n) is 2.88. The quantitative estimate of drug-likeness (QED) is 0.596. The molecule has 2 heteroatoms. The fraction of sp³-hybridized carbons (Fsp3) is 0.600. The van der Waals surface area contributed by atoms with Gasteiger partial charge in [-0.1, -0.05) is 0 Å². The molecule has 0 fully saturated rings. The minimum absolute atomic E-state index is 0.199. The summed E-state index contributed by atoms with van der Waals surface area (Å²) in [7, 11) is 0. The maximum atomic E-state index is 9.43. The lowest BCUT2D eigenvalue weighted by Crippen LogP contribution is -2.30. The SMILES string of the molecule is CC1C2=C(C=CN1O)CCCC2. The molecule has 0 radical (unpaired) electrons. The number of allylic oxidation sites excluding steroid dienone is 2. The third kappa shape index (κ3) is 1.16. The second-order valence-electron chi connectivity index (χ2n) is 3.63. The van der Waals surface area contributed by atoms with E-state index in [1.807, 2.05) is 0 Å². The first-order chi connectivity index (χ1) is 5.79. The van der Waals surface area contributed by atoms with Gasteiger partial charge in [0.1, 0.15) is 0 Å². The van der Waals surface area contributed by atoms with E-state index < -0.39 is 0 Å². The summed E-state index contributed by atoms with van der Waals surface area (Å²) in [5, 5.41) is 10.7. The maximum absolute atomic E-state index is 9.43. The fourth-order valence-corrected chi connectivity index (χ4v) is 2.07. The molecule has 2 nitrogen and oxygen atoms in total. The first-order valence-electron chi connectivity index (χ1n) is 4.66. The molecule has 0 aromatic rings. The molecule has 1 heterocycles. The van der Waals surface area contributed by atoms with Gasteiger partial charge in [-0.05, 0) is 49.8 Å². The van der Waals surface area contributed by atoms with Crippen LogP contribution in [0.2, 0.25) is 0 Å². The summed E-state index contributed by atoms with van der Waals surface area (Å²) in [6.07, 6.45) is 8.78. The molecular weight excluding hydrogens is 150 g/mol. The van der Waals surface area contributed by atoms with Crippen LogP contribution in [-0.4, -0.2) is 16.3 Å². The lowest BCUT2D eigenvalue weighted by Gasteiger charge is -2.31. The number of nitrogens with zero attached hydrogens (tertiary/aromatic N) is 1. The van der Waals surface area contributed by atoms with Crippen molar-refractivity contribution in [2.24, 2.45) is 0 Å². The Labute approximate surface area is 73.1 Å². The van der Waals surface area contributed by atoms with E-state index in [2.05, 4.69) is 13.0 Å². The molecule has 2 rings (SSSR count). The smallest absolute Gasteiger partial charge is 0.0743 e. The Kier molecular flexibility index (Phi) is 1.93. The van der Waals surface area contributed by atoms with Crippen LogP contribution in [0.25, 0.3) is 0 Å². The summed E-state index contributed by atoms with van der Waals surface area (Å²) < 4.78 is 0. The molecule has 0 spiro atoms. The van der Waals surface area contributed by atoms with Crippen LogP contribution in [0.15, 0.2) is 23.4 Å². The Bertz CT molecular complexity index is 242. The Morgan fingerprint density at radius 3 is 3.00 bits per heavy atom.